The second kappa shape index (κ2) is 9.52. The lowest BCUT2D eigenvalue weighted by Gasteiger charge is -2.17. The molecule has 2 aromatic carbocycles. The first kappa shape index (κ1) is 23.7. The molecule has 0 atom stereocenters. The first-order valence-electron chi connectivity index (χ1n) is 8.87. The molecule has 0 fully saturated rings. The lowest BCUT2D eigenvalue weighted by Crippen LogP contribution is -2.27. The average molecular weight is 450 g/mol. The Balaban J connectivity index is 2.15. The maximum absolute atomic E-state index is 13.7. The molecule has 1 N–H and O–H groups in total. The summed E-state index contributed by atoms with van der Waals surface area (Å²) in [6.45, 7) is 2.25. The van der Waals surface area contributed by atoms with Crippen LogP contribution in [0.1, 0.15) is 25.3 Å². The van der Waals surface area contributed by atoms with Gasteiger partial charge < -0.3 is 5.32 Å². The molecule has 0 aliphatic heterocycles. The van der Waals surface area contributed by atoms with Crippen LogP contribution >= 0.6 is 0 Å². The third kappa shape index (κ3) is 4.96. The largest absolute Gasteiger partial charge is 0.326 e. The van der Waals surface area contributed by atoms with Gasteiger partial charge in [-0.1, -0.05) is 13.3 Å². The van der Waals surface area contributed by atoms with Crippen LogP contribution in [0.5, 0.6) is 0 Å². The number of hydrogen-bond acceptors (Lipinski definition) is 3. The lowest BCUT2D eigenvalue weighted by atomic mass is 10.1. The summed E-state index contributed by atoms with van der Waals surface area (Å²) in [5.41, 5.74) is -1.18. The summed E-state index contributed by atoms with van der Waals surface area (Å²) in [4.78, 5) is 12.0. The predicted octanol–water partition coefficient (Wildman–Crippen LogP) is 3.98. The van der Waals surface area contributed by atoms with Crippen molar-refractivity contribution in [2.75, 3.05) is 18.9 Å². The number of carbonyl (C=O) groups is 1. The molecule has 0 aliphatic rings. The molecule has 2 aromatic rings. The third-order valence-corrected chi connectivity index (χ3v) is 6.18. The van der Waals surface area contributed by atoms with Crippen LogP contribution in [0, 0.1) is 29.1 Å². The van der Waals surface area contributed by atoms with Crippen LogP contribution in [-0.4, -0.2) is 32.2 Å². The van der Waals surface area contributed by atoms with Crippen LogP contribution in [0.15, 0.2) is 29.2 Å². The fraction of sp³-hybridized carbons (Fsp3) is 0.316. The number of unbranched alkanes of at least 4 members (excludes halogenated alkanes) is 1. The standard InChI is InChI=1S/C19H19F5N2O3S/c1-3-4-9-26(2)30(28,29)12-7-5-11(6-8-12)25-14(27)10-13-15(20)17(22)19(24)18(23)16(13)21/h5-8H,3-4,9-10H2,1-2H3,(H,25,27). The van der Waals surface area contributed by atoms with E-state index >= 15 is 0 Å². The molecule has 0 aromatic heterocycles. The van der Waals surface area contributed by atoms with Crippen LogP contribution in [0.4, 0.5) is 27.6 Å². The predicted molar refractivity (Wildman–Crippen MR) is 99.7 cm³/mol. The van der Waals surface area contributed by atoms with Gasteiger partial charge >= 0.3 is 0 Å². The molecule has 0 heterocycles. The number of halogens is 5. The number of rotatable bonds is 8. The highest BCUT2D eigenvalue weighted by Crippen LogP contribution is 2.24. The molecule has 164 valence electrons. The van der Waals surface area contributed by atoms with Crippen LogP contribution in [0.3, 0.4) is 0 Å². The number of amides is 1. The minimum atomic E-state index is -3.73. The Kier molecular flexibility index (Phi) is 7.54. The first-order valence-corrected chi connectivity index (χ1v) is 10.3. The summed E-state index contributed by atoms with van der Waals surface area (Å²) < 4.78 is 92.9. The smallest absolute Gasteiger partial charge is 0.242 e. The zero-order chi connectivity index (χ0) is 22.6. The Morgan fingerprint density at radius 3 is 1.93 bits per heavy atom. The highest BCUT2D eigenvalue weighted by atomic mass is 32.2. The SMILES string of the molecule is CCCCN(C)S(=O)(=O)c1ccc(NC(=O)Cc2c(F)c(F)c(F)c(F)c2F)cc1. The Hall–Kier alpha value is -2.53. The molecule has 0 saturated carbocycles. The van der Waals surface area contributed by atoms with Crippen molar-refractivity contribution in [1.29, 1.82) is 0 Å². The number of sulfonamides is 1. The average Bonchev–Trinajstić information content (AvgIpc) is 2.72. The highest BCUT2D eigenvalue weighted by molar-refractivity contribution is 7.89. The quantitative estimate of drug-likeness (QED) is 0.376. The maximum Gasteiger partial charge on any atom is 0.242 e. The molecule has 11 heteroatoms. The van der Waals surface area contributed by atoms with E-state index in [0.717, 1.165) is 6.42 Å². The van der Waals surface area contributed by atoms with Crippen LogP contribution in [-0.2, 0) is 21.2 Å². The van der Waals surface area contributed by atoms with Gasteiger partial charge in [-0.05, 0) is 30.7 Å². The third-order valence-electron chi connectivity index (χ3n) is 4.31. The second-order valence-electron chi connectivity index (χ2n) is 6.48. The fourth-order valence-electron chi connectivity index (χ4n) is 2.56. The molecular formula is C19H19F5N2O3S. The number of nitrogens with one attached hydrogen (secondary N) is 1. The molecule has 0 unspecified atom stereocenters. The van der Waals surface area contributed by atoms with E-state index in [9.17, 15) is 35.2 Å². The lowest BCUT2D eigenvalue weighted by molar-refractivity contribution is -0.115. The van der Waals surface area contributed by atoms with Gasteiger partial charge in [0.25, 0.3) is 0 Å². The normalized spacial score (nSPS) is 11.7. The Morgan fingerprint density at radius 2 is 1.43 bits per heavy atom. The number of benzene rings is 2. The molecule has 0 radical (unpaired) electrons. The van der Waals surface area contributed by atoms with Gasteiger partial charge in [0.2, 0.25) is 21.7 Å². The van der Waals surface area contributed by atoms with E-state index < -0.39 is 57.0 Å². The van der Waals surface area contributed by atoms with Crippen molar-refractivity contribution in [3.05, 3.63) is 58.9 Å². The Morgan fingerprint density at radius 1 is 0.933 bits per heavy atom. The van der Waals surface area contributed by atoms with E-state index in [2.05, 4.69) is 5.32 Å². The van der Waals surface area contributed by atoms with E-state index in [0.29, 0.717) is 13.0 Å². The van der Waals surface area contributed by atoms with Gasteiger partial charge in [-0.15, -0.1) is 0 Å². The molecule has 0 saturated heterocycles. The molecule has 5 nitrogen and oxygen atoms in total. The van der Waals surface area contributed by atoms with E-state index in [1.165, 1.54) is 35.6 Å². The van der Waals surface area contributed by atoms with Crippen molar-refractivity contribution >= 4 is 21.6 Å². The van der Waals surface area contributed by atoms with Crippen LogP contribution in [0.25, 0.3) is 0 Å². The molecule has 0 bridgehead atoms. The molecular weight excluding hydrogens is 431 g/mol. The second-order valence-corrected chi connectivity index (χ2v) is 8.52. The first-order chi connectivity index (χ1) is 14.0. The highest BCUT2D eigenvalue weighted by Gasteiger charge is 2.27. The van der Waals surface area contributed by atoms with Crippen molar-refractivity contribution in [3.63, 3.8) is 0 Å². The molecule has 0 spiro atoms. The van der Waals surface area contributed by atoms with Gasteiger partial charge in [-0.25, -0.2) is 34.7 Å². The summed E-state index contributed by atoms with van der Waals surface area (Å²) >= 11 is 0. The number of carbonyl (C=O) groups excluding carboxylic acids is 1. The van der Waals surface area contributed by atoms with Crippen LogP contribution < -0.4 is 5.32 Å². The van der Waals surface area contributed by atoms with Crippen molar-refractivity contribution < 1.29 is 35.2 Å². The fourth-order valence-corrected chi connectivity index (χ4v) is 3.77. The maximum atomic E-state index is 13.7. The van der Waals surface area contributed by atoms with Gasteiger partial charge in [-0.2, -0.15) is 0 Å². The molecule has 1 amide bonds. The van der Waals surface area contributed by atoms with Crippen molar-refractivity contribution in [3.8, 4) is 0 Å². The summed E-state index contributed by atoms with van der Waals surface area (Å²) in [5.74, 6) is -11.8. The van der Waals surface area contributed by atoms with E-state index in [-0.39, 0.29) is 10.6 Å². The summed E-state index contributed by atoms with van der Waals surface area (Å²) in [7, 11) is -2.29. The van der Waals surface area contributed by atoms with E-state index in [1.54, 1.807) is 0 Å². The Labute approximate surface area is 170 Å². The molecule has 30 heavy (non-hydrogen) atoms. The van der Waals surface area contributed by atoms with Crippen molar-refractivity contribution in [2.45, 2.75) is 31.1 Å². The van der Waals surface area contributed by atoms with Crippen molar-refractivity contribution in [2.24, 2.45) is 0 Å². The molecule has 0 aliphatic carbocycles. The van der Waals surface area contributed by atoms with Crippen molar-refractivity contribution in [1.82, 2.24) is 4.31 Å². The number of hydrogen-bond donors (Lipinski definition) is 1. The number of nitrogens with zero attached hydrogens (tertiary/aromatic N) is 1. The van der Waals surface area contributed by atoms with Crippen LogP contribution in [0.2, 0.25) is 0 Å². The summed E-state index contributed by atoms with van der Waals surface area (Å²) in [5, 5.41) is 2.22. The number of anilines is 1. The van der Waals surface area contributed by atoms with Gasteiger partial charge in [0, 0.05) is 24.8 Å². The zero-order valence-electron chi connectivity index (χ0n) is 16.1. The topological polar surface area (TPSA) is 66.5 Å². The minimum absolute atomic E-state index is 0.0288. The minimum Gasteiger partial charge on any atom is -0.326 e. The monoisotopic (exact) mass is 450 g/mol. The molecule has 2 rings (SSSR count). The zero-order valence-corrected chi connectivity index (χ0v) is 16.9. The van der Waals surface area contributed by atoms with E-state index in [4.69, 9.17) is 0 Å². The van der Waals surface area contributed by atoms with Gasteiger partial charge in [0.15, 0.2) is 23.3 Å². The summed E-state index contributed by atoms with van der Waals surface area (Å²) in [6, 6.07) is 4.95. The van der Waals surface area contributed by atoms with E-state index in [1.807, 2.05) is 6.92 Å². The Bertz CT molecular complexity index is 1010. The van der Waals surface area contributed by atoms with Gasteiger partial charge in [0.1, 0.15) is 0 Å². The summed E-state index contributed by atoms with van der Waals surface area (Å²) in [6.07, 6.45) is 0.390. The van der Waals surface area contributed by atoms with Gasteiger partial charge in [0.05, 0.1) is 11.3 Å². The van der Waals surface area contributed by atoms with Gasteiger partial charge in [-0.3, -0.25) is 4.79 Å².